The molecule has 0 saturated carbocycles. The van der Waals surface area contributed by atoms with Crippen molar-refractivity contribution in [3.63, 3.8) is 0 Å². The van der Waals surface area contributed by atoms with Crippen LogP contribution in [-0.4, -0.2) is 10.5 Å². The van der Waals surface area contributed by atoms with Crippen molar-refractivity contribution in [1.29, 1.82) is 0 Å². The molecule has 0 radical (unpaired) electrons. The van der Waals surface area contributed by atoms with Gasteiger partial charge in [-0.2, -0.15) is 0 Å². The minimum atomic E-state index is -0.132. The minimum Gasteiger partial charge on any atom is -0.331 e. The molecule has 0 aliphatic rings. The van der Waals surface area contributed by atoms with E-state index in [2.05, 4.69) is 26.1 Å². The quantitative estimate of drug-likeness (QED) is 0.500. The number of anilines is 1. The van der Waals surface area contributed by atoms with E-state index in [1.807, 2.05) is 77.4 Å². The van der Waals surface area contributed by atoms with Crippen LogP contribution in [-0.2, 0) is 16.8 Å². The Bertz CT molecular complexity index is 1200. The van der Waals surface area contributed by atoms with Crippen LogP contribution in [0.15, 0.2) is 77.6 Å². The van der Waals surface area contributed by atoms with Crippen molar-refractivity contribution in [2.45, 2.75) is 32.7 Å². The van der Waals surface area contributed by atoms with Crippen molar-refractivity contribution in [2.24, 2.45) is 0 Å². The number of aromatic nitrogens is 1. The topological polar surface area (TPSA) is 51.1 Å². The Balaban J connectivity index is 1.69. The van der Waals surface area contributed by atoms with E-state index in [1.54, 1.807) is 0 Å². The van der Waals surface area contributed by atoms with Gasteiger partial charge in [0.1, 0.15) is 6.54 Å². The van der Waals surface area contributed by atoms with E-state index in [4.69, 9.17) is 0 Å². The van der Waals surface area contributed by atoms with Gasteiger partial charge in [-0.15, -0.1) is 0 Å². The number of nitrogens with zero attached hydrogens (tertiary/aromatic N) is 1. The standard InChI is InChI=1S/C25H24N2O2/c1-25(2,3)17-12-14-18(15-13-17)26-23(28)16-27-21-10-6-4-8-19(21)24(29)20-9-5-7-11-22(20)27/h4-15H,16H2,1-3H3,(H,26,28). The van der Waals surface area contributed by atoms with Crippen LogP contribution in [0.5, 0.6) is 0 Å². The molecule has 0 fully saturated rings. The van der Waals surface area contributed by atoms with E-state index in [1.165, 1.54) is 5.56 Å². The van der Waals surface area contributed by atoms with Gasteiger partial charge in [0.15, 0.2) is 5.43 Å². The van der Waals surface area contributed by atoms with Crippen molar-refractivity contribution in [1.82, 2.24) is 4.57 Å². The minimum absolute atomic E-state index is 0.00868. The van der Waals surface area contributed by atoms with Crippen molar-refractivity contribution >= 4 is 33.4 Å². The molecule has 0 aliphatic heterocycles. The molecule has 1 amide bonds. The number of carbonyl (C=O) groups is 1. The summed E-state index contributed by atoms with van der Waals surface area (Å²) in [4.78, 5) is 25.6. The fourth-order valence-electron chi connectivity index (χ4n) is 3.64. The summed E-state index contributed by atoms with van der Waals surface area (Å²) in [6.07, 6.45) is 0. The molecule has 0 saturated heterocycles. The Kier molecular flexibility index (Phi) is 4.71. The maximum absolute atomic E-state index is 12.8. The highest BCUT2D eigenvalue weighted by Gasteiger charge is 2.15. The fourth-order valence-corrected chi connectivity index (χ4v) is 3.64. The molecule has 4 heteroatoms. The summed E-state index contributed by atoms with van der Waals surface area (Å²) in [5.41, 5.74) is 3.55. The molecule has 146 valence electrons. The molecule has 0 unspecified atom stereocenters. The van der Waals surface area contributed by atoms with Crippen LogP contribution in [0.1, 0.15) is 26.3 Å². The van der Waals surface area contributed by atoms with Gasteiger partial charge in [0.2, 0.25) is 5.91 Å². The molecule has 1 N–H and O–H groups in total. The van der Waals surface area contributed by atoms with Crippen molar-refractivity contribution in [3.8, 4) is 0 Å². The predicted octanol–water partition coefficient (Wildman–Crippen LogP) is 5.09. The van der Waals surface area contributed by atoms with Crippen LogP contribution in [0.4, 0.5) is 5.69 Å². The van der Waals surface area contributed by atoms with E-state index in [9.17, 15) is 9.59 Å². The molecular formula is C25H24N2O2. The van der Waals surface area contributed by atoms with E-state index >= 15 is 0 Å². The first-order valence-corrected chi connectivity index (χ1v) is 9.75. The van der Waals surface area contributed by atoms with Crippen LogP contribution in [0.3, 0.4) is 0 Å². The van der Waals surface area contributed by atoms with E-state index in [0.717, 1.165) is 16.7 Å². The highest BCUT2D eigenvalue weighted by molar-refractivity contribution is 5.97. The number of nitrogens with one attached hydrogen (secondary N) is 1. The number of carbonyl (C=O) groups excluding carboxylic acids is 1. The van der Waals surface area contributed by atoms with Crippen LogP contribution in [0.25, 0.3) is 21.8 Å². The number of amides is 1. The van der Waals surface area contributed by atoms with E-state index in [-0.39, 0.29) is 23.3 Å². The van der Waals surface area contributed by atoms with Gasteiger partial charge >= 0.3 is 0 Å². The fraction of sp³-hybridized carbons (Fsp3) is 0.200. The average Bonchev–Trinajstić information content (AvgIpc) is 2.71. The lowest BCUT2D eigenvalue weighted by Gasteiger charge is -2.19. The maximum Gasteiger partial charge on any atom is 0.244 e. The van der Waals surface area contributed by atoms with Gasteiger partial charge in [-0.1, -0.05) is 57.2 Å². The average molecular weight is 384 g/mol. The molecule has 4 rings (SSSR count). The Hall–Kier alpha value is -3.40. The maximum atomic E-state index is 12.8. The Morgan fingerprint density at radius 3 is 1.86 bits per heavy atom. The Morgan fingerprint density at radius 1 is 0.828 bits per heavy atom. The molecular weight excluding hydrogens is 360 g/mol. The van der Waals surface area contributed by atoms with Crippen molar-refractivity contribution in [2.75, 3.05) is 5.32 Å². The zero-order valence-electron chi connectivity index (χ0n) is 16.9. The molecule has 1 aromatic heterocycles. The molecule has 0 bridgehead atoms. The van der Waals surface area contributed by atoms with Crippen LogP contribution in [0.2, 0.25) is 0 Å². The van der Waals surface area contributed by atoms with E-state index < -0.39 is 0 Å². The normalized spacial score (nSPS) is 11.7. The van der Waals surface area contributed by atoms with Gasteiger partial charge in [0, 0.05) is 16.5 Å². The second kappa shape index (κ2) is 7.21. The molecule has 4 aromatic rings. The zero-order valence-corrected chi connectivity index (χ0v) is 16.9. The van der Waals surface area contributed by atoms with Crippen molar-refractivity contribution in [3.05, 3.63) is 88.6 Å². The third kappa shape index (κ3) is 3.66. The summed E-state index contributed by atoms with van der Waals surface area (Å²) in [6, 6.07) is 22.8. The first-order valence-electron chi connectivity index (χ1n) is 9.75. The lowest BCUT2D eigenvalue weighted by atomic mass is 9.87. The third-order valence-corrected chi connectivity index (χ3v) is 5.22. The SMILES string of the molecule is CC(C)(C)c1ccc(NC(=O)Cn2c3ccccc3c(=O)c3ccccc32)cc1. The van der Waals surface area contributed by atoms with Gasteiger partial charge < -0.3 is 9.88 Å². The molecule has 1 heterocycles. The highest BCUT2D eigenvalue weighted by Crippen LogP contribution is 2.24. The van der Waals surface area contributed by atoms with Crippen LogP contribution in [0, 0.1) is 0 Å². The first-order chi connectivity index (χ1) is 13.8. The summed E-state index contributed by atoms with van der Waals surface area (Å²) in [6.45, 7) is 6.61. The first kappa shape index (κ1) is 18.9. The molecule has 0 atom stereocenters. The predicted molar refractivity (Wildman–Crippen MR) is 119 cm³/mol. The van der Waals surface area contributed by atoms with Crippen molar-refractivity contribution < 1.29 is 4.79 Å². The summed E-state index contributed by atoms with van der Waals surface area (Å²) < 4.78 is 1.91. The molecule has 4 nitrogen and oxygen atoms in total. The molecule has 0 aliphatic carbocycles. The van der Waals surface area contributed by atoms with Gasteiger partial charge in [-0.25, -0.2) is 0 Å². The number of fused-ring (bicyclic) bond motifs is 2. The lowest BCUT2D eigenvalue weighted by Crippen LogP contribution is -2.21. The number of hydrogen-bond acceptors (Lipinski definition) is 2. The molecule has 29 heavy (non-hydrogen) atoms. The highest BCUT2D eigenvalue weighted by atomic mass is 16.2. The molecule has 0 spiro atoms. The number of benzene rings is 3. The van der Waals surface area contributed by atoms with Crippen LogP contribution >= 0.6 is 0 Å². The van der Waals surface area contributed by atoms with Gasteiger partial charge in [0.05, 0.1) is 11.0 Å². The summed E-state index contributed by atoms with van der Waals surface area (Å²) in [5.74, 6) is -0.132. The second-order valence-corrected chi connectivity index (χ2v) is 8.33. The zero-order chi connectivity index (χ0) is 20.6. The van der Waals surface area contributed by atoms with Gasteiger partial charge in [-0.3, -0.25) is 9.59 Å². The number of rotatable bonds is 3. The Morgan fingerprint density at radius 2 is 1.34 bits per heavy atom. The summed E-state index contributed by atoms with van der Waals surface area (Å²) >= 11 is 0. The van der Waals surface area contributed by atoms with Gasteiger partial charge in [-0.05, 0) is 47.4 Å². The smallest absolute Gasteiger partial charge is 0.244 e. The van der Waals surface area contributed by atoms with E-state index in [0.29, 0.717) is 10.8 Å². The number of para-hydroxylation sites is 2. The number of pyridine rings is 1. The second-order valence-electron chi connectivity index (χ2n) is 8.33. The summed E-state index contributed by atoms with van der Waals surface area (Å²) in [5, 5.41) is 4.21. The van der Waals surface area contributed by atoms with Crippen LogP contribution < -0.4 is 10.7 Å². The monoisotopic (exact) mass is 384 g/mol. The molecule has 3 aromatic carbocycles. The Labute approximate surface area is 169 Å². The van der Waals surface area contributed by atoms with Gasteiger partial charge in [0.25, 0.3) is 0 Å². The largest absolute Gasteiger partial charge is 0.331 e. The lowest BCUT2D eigenvalue weighted by molar-refractivity contribution is -0.116. The number of hydrogen-bond donors (Lipinski definition) is 1. The third-order valence-electron chi connectivity index (χ3n) is 5.22. The summed E-state index contributed by atoms with van der Waals surface area (Å²) in [7, 11) is 0.